The van der Waals surface area contributed by atoms with Gasteiger partial charge in [-0.05, 0) is 30.3 Å². The molecule has 1 heterocycles. The van der Waals surface area contributed by atoms with Crippen LogP contribution in [0.1, 0.15) is 5.56 Å². The summed E-state index contributed by atoms with van der Waals surface area (Å²) in [6.45, 7) is 2.85. The van der Waals surface area contributed by atoms with E-state index >= 15 is 0 Å². The molecule has 124 valence electrons. The van der Waals surface area contributed by atoms with Crippen molar-refractivity contribution >= 4 is 29.3 Å². The maximum Gasteiger partial charge on any atom is 0.246 e. The fraction of sp³-hybridized carbons (Fsp3) is 0.211. The van der Waals surface area contributed by atoms with E-state index in [0.717, 1.165) is 13.1 Å². The van der Waals surface area contributed by atoms with Crippen LogP contribution in [0.4, 0.5) is 10.1 Å². The lowest BCUT2D eigenvalue weighted by Gasteiger charge is -2.35. The van der Waals surface area contributed by atoms with Gasteiger partial charge in [0.25, 0.3) is 0 Å². The Morgan fingerprint density at radius 2 is 1.71 bits per heavy atom. The summed E-state index contributed by atoms with van der Waals surface area (Å²) >= 11 is 5.96. The van der Waals surface area contributed by atoms with Crippen molar-refractivity contribution in [2.45, 2.75) is 0 Å². The van der Waals surface area contributed by atoms with Crippen LogP contribution in [-0.2, 0) is 4.79 Å². The number of piperazine rings is 1. The zero-order valence-electron chi connectivity index (χ0n) is 13.2. The number of halogens is 2. The van der Waals surface area contributed by atoms with E-state index in [9.17, 15) is 9.18 Å². The normalized spacial score (nSPS) is 15.1. The predicted molar refractivity (Wildman–Crippen MR) is 95.7 cm³/mol. The van der Waals surface area contributed by atoms with E-state index in [2.05, 4.69) is 17.0 Å². The lowest BCUT2D eigenvalue weighted by molar-refractivity contribution is -0.126. The summed E-state index contributed by atoms with van der Waals surface area (Å²) < 4.78 is 13.7. The first-order chi connectivity index (χ1) is 11.6. The van der Waals surface area contributed by atoms with Crippen LogP contribution in [0.15, 0.2) is 54.6 Å². The van der Waals surface area contributed by atoms with Crippen molar-refractivity contribution in [3.8, 4) is 0 Å². The van der Waals surface area contributed by atoms with Gasteiger partial charge in [-0.2, -0.15) is 0 Å². The van der Waals surface area contributed by atoms with Crippen LogP contribution in [0.2, 0.25) is 5.02 Å². The minimum Gasteiger partial charge on any atom is -0.368 e. The van der Waals surface area contributed by atoms with Gasteiger partial charge in [0.15, 0.2) is 0 Å². The van der Waals surface area contributed by atoms with E-state index in [1.54, 1.807) is 17.0 Å². The summed E-state index contributed by atoms with van der Waals surface area (Å²) in [4.78, 5) is 16.3. The van der Waals surface area contributed by atoms with Crippen molar-refractivity contribution in [2.24, 2.45) is 0 Å². The molecule has 1 aliphatic rings. The molecule has 1 saturated heterocycles. The number of amides is 1. The number of carbonyl (C=O) groups excluding carboxylic acids is 1. The van der Waals surface area contributed by atoms with Crippen molar-refractivity contribution in [2.75, 3.05) is 31.1 Å². The van der Waals surface area contributed by atoms with E-state index in [1.807, 2.05) is 18.2 Å². The van der Waals surface area contributed by atoms with Crippen LogP contribution >= 0.6 is 11.6 Å². The molecule has 0 bridgehead atoms. The van der Waals surface area contributed by atoms with Crippen molar-refractivity contribution in [1.82, 2.24) is 4.90 Å². The van der Waals surface area contributed by atoms with E-state index in [0.29, 0.717) is 18.1 Å². The topological polar surface area (TPSA) is 23.6 Å². The van der Waals surface area contributed by atoms with E-state index in [1.165, 1.54) is 23.9 Å². The molecule has 1 aliphatic heterocycles. The number of carbonyl (C=O) groups is 1. The fourth-order valence-electron chi connectivity index (χ4n) is 2.75. The molecule has 2 aromatic rings. The fourth-order valence-corrected chi connectivity index (χ4v) is 2.98. The number of hydrogen-bond donors (Lipinski definition) is 0. The molecule has 3 nitrogen and oxygen atoms in total. The number of hydrogen-bond acceptors (Lipinski definition) is 2. The molecule has 5 heteroatoms. The zero-order chi connectivity index (χ0) is 16.9. The third-order valence-electron chi connectivity index (χ3n) is 4.10. The van der Waals surface area contributed by atoms with E-state index in [-0.39, 0.29) is 11.5 Å². The lowest BCUT2D eigenvalue weighted by atomic mass is 10.2. The Morgan fingerprint density at radius 1 is 1.00 bits per heavy atom. The third kappa shape index (κ3) is 3.77. The maximum atomic E-state index is 13.7. The Morgan fingerprint density at radius 3 is 2.38 bits per heavy atom. The van der Waals surface area contributed by atoms with Gasteiger partial charge in [0, 0.05) is 43.5 Å². The Hall–Kier alpha value is -2.33. The largest absolute Gasteiger partial charge is 0.368 e. The van der Waals surface area contributed by atoms with E-state index < -0.39 is 5.82 Å². The van der Waals surface area contributed by atoms with Gasteiger partial charge in [-0.3, -0.25) is 4.79 Å². The molecule has 1 amide bonds. The van der Waals surface area contributed by atoms with Crippen LogP contribution in [-0.4, -0.2) is 37.0 Å². The van der Waals surface area contributed by atoms with Crippen LogP contribution < -0.4 is 4.90 Å². The summed E-state index contributed by atoms with van der Waals surface area (Å²) in [7, 11) is 0. The van der Waals surface area contributed by atoms with Gasteiger partial charge in [-0.25, -0.2) is 4.39 Å². The Balaban J connectivity index is 1.60. The van der Waals surface area contributed by atoms with Gasteiger partial charge < -0.3 is 9.80 Å². The minimum atomic E-state index is -0.430. The number of anilines is 1. The molecule has 0 N–H and O–H groups in total. The van der Waals surface area contributed by atoms with Crippen molar-refractivity contribution in [1.29, 1.82) is 0 Å². The second-order valence-corrected chi connectivity index (χ2v) is 6.02. The summed E-state index contributed by atoms with van der Waals surface area (Å²) in [5.41, 5.74) is 1.41. The standard InChI is InChI=1S/C19H18ClFN2O/c20-17-7-4-8-18(21)16(17)9-10-19(24)23-13-11-22(12-14-23)15-5-2-1-3-6-15/h1-10H,11-14H2. The molecule has 1 fully saturated rings. The van der Waals surface area contributed by atoms with Gasteiger partial charge >= 0.3 is 0 Å². The lowest BCUT2D eigenvalue weighted by Crippen LogP contribution is -2.48. The average Bonchev–Trinajstić information content (AvgIpc) is 2.62. The summed E-state index contributed by atoms with van der Waals surface area (Å²) in [5.74, 6) is -0.553. The van der Waals surface area contributed by atoms with Crippen molar-refractivity contribution < 1.29 is 9.18 Å². The Bertz CT molecular complexity index is 720. The molecule has 0 aliphatic carbocycles. The maximum absolute atomic E-state index is 13.7. The molecule has 0 aromatic heterocycles. The molecule has 24 heavy (non-hydrogen) atoms. The molecule has 0 radical (unpaired) electrons. The number of benzene rings is 2. The van der Waals surface area contributed by atoms with Crippen LogP contribution in [0.5, 0.6) is 0 Å². The average molecular weight is 345 g/mol. The zero-order valence-corrected chi connectivity index (χ0v) is 13.9. The highest BCUT2D eigenvalue weighted by Gasteiger charge is 2.19. The Labute approximate surface area is 145 Å². The molecule has 0 atom stereocenters. The molecular weight excluding hydrogens is 327 g/mol. The molecule has 2 aromatic carbocycles. The third-order valence-corrected chi connectivity index (χ3v) is 4.43. The van der Waals surface area contributed by atoms with E-state index in [4.69, 9.17) is 11.6 Å². The smallest absolute Gasteiger partial charge is 0.246 e. The second kappa shape index (κ2) is 7.49. The number of nitrogens with zero attached hydrogens (tertiary/aromatic N) is 2. The summed E-state index contributed by atoms with van der Waals surface area (Å²) in [6.07, 6.45) is 2.84. The first-order valence-electron chi connectivity index (χ1n) is 7.86. The summed E-state index contributed by atoms with van der Waals surface area (Å²) in [5, 5.41) is 0.299. The molecule has 0 spiro atoms. The van der Waals surface area contributed by atoms with Crippen molar-refractivity contribution in [3.63, 3.8) is 0 Å². The van der Waals surface area contributed by atoms with Gasteiger partial charge in [0.05, 0.1) is 5.02 Å². The Kier molecular flexibility index (Phi) is 5.16. The van der Waals surface area contributed by atoms with Gasteiger partial charge in [0.2, 0.25) is 5.91 Å². The van der Waals surface area contributed by atoms with Crippen LogP contribution in [0.25, 0.3) is 6.08 Å². The van der Waals surface area contributed by atoms with Gasteiger partial charge in [-0.1, -0.05) is 35.9 Å². The van der Waals surface area contributed by atoms with Crippen LogP contribution in [0.3, 0.4) is 0 Å². The highest BCUT2D eigenvalue weighted by Crippen LogP contribution is 2.21. The van der Waals surface area contributed by atoms with Crippen molar-refractivity contribution in [3.05, 3.63) is 71.0 Å². The van der Waals surface area contributed by atoms with Crippen LogP contribution in [0, 0.1) is 5.82 Å². The molecule has 0 unspecified atom stereocenters. The minimum absolute atomic E-state index is 0.123. The molecule has 3 rings (SSSR count). The first-order valence-corrected chi connectivity index (χ1v) is 8.24. The second-order valence-electron chi connectivity index (χ2n) is 5.62. The summed E-state index contributed by atoms with van der Waals surface area (Å²) in [6, 6.07) is 14.6. The molecular formula is C19H18ClFN2O. The van der Waals surface area contributed by atoms with Gasteiger partial charge in [0.1, 0.15) is 5.82 Å². The number of para-hydroxylation sites is 1. The first kappa shape index (κ1) is 16.5. The quantitative estimate of drug-likeness (QED) is 0.790. The monoisotopic (exact) mass is 344 g/mol. The number of rotatable bonds is 3. The highest BCUT2D eigenvalue weighted by molar-refractivity contribution is 6.32. The molecule has 0 saturated carbocycles. The highest BCUT2D eigenvalue weighted by atomic mass is 35.5. The predicted octanol–water partition coefficient (Wildman–Crippen LogP) is 3.84. The van der Waals surface area contributed by atoms with Gasteiger partial charge in [-0.15, -0.1) is 0 Å². The SMILES string of the molecule is O=C(C=Cc1c(F)cccc1Cl)N1CCN(c2ccccc2)CC1.